The molecule has 0 saturated carbocycles. The van der Waals surface area contributed by atoms with Crippen LogP contribution in [0.15, 0.2) is 48.7 Å². The fourth-order valence-corrected chi connectivity index (χ4v) is 5.99. The first kappa shape index (κ1) is 22.9. The largest absolute Gasteiger partial charge is 0.495 e. The van der Waals surface area contributed by atoms with Gasteiger partial charge in [0, 0.05) is 42.3 Å². The van der Waals surface area contributed by atoms with Crippen LogP contribution in [0, 0.1) is 11.7 Å². The van der Waals surface area contributed by atoms with Crippen LogP contribution < -0.4 is 9.47 Å². The normalized spacial score (nSPS) is 23.2. The number of piperidine rings is 1. The van der Waals surface area contributed by atoms with Gasteiger partial charge in [0.15, 0.2) is 5.78 Å². The fraction of sp³-hybridized carbons (Fsp3) is 0.464. The number of fused-ring (bicyclic) bond motifs is 3. The number of ketones is 1. The quantitative estimate of drug-likeness (QED) is 0.401. The molecule has 2 aromatic carbocycles. The van der Waals surface area contributed by atoms with Gasteiger partial charge in [-0.1, -0.05) is 19.1 Å². The summed E-state index contributed by atoms with van der Waals surface area (Å²) in [5.41, 5.74) is 1.75. The van der Waals surface area contributed by atoms with E-state index in [1.165, 1.54) is 25.0 Å². The van der Waals surface area contributed by atoms with E-state index in [0.717, 1.165) is 53.9 Å². The van der Waals surface area contributed by atoms with Crippen molar-refractivity contribution in [3.63, 3.8) is 0 Å². The van der Waals surface area contributed by atoms with Crippen LogP contribution in [-0.2, 0) is 6.54 Å². The van der Waals surface area contributed by atoms with Crippen molar-refractivity contribution in [2.24, 2.45) is 5.92 Å². The van der Waals surface area contributed by atoms with Gasteiger partial charge in [-0.15, -0.1) is 0 Å². The third-order valence-corrected chi connectivity index (χ3v) is 7.45. The minimum absolute atomic E-state index is 0.0749. The molecule has 180 valence electrons. The van der Waals surface area contributed by atoms with Gasteiger partial charge in [-0.3, -0.25) is 9.69 Å². The first-order valence-electron chi connectivity index (χ1n) is 12.3. The van der Waals surface area contributed by atoms with Gasteiger partial charge in [-0.25, -0.2) is 4.39 Å². The van der Waals surface area contributed by atoms with Crippen LogP contribution in [0.1, 0.15) is 49.9 Å². The first-order chi connectivity index (χ1) is 16.4. The van der Waals surface area contributed by atoms with Crippen molar-refractivity contribution >= 4 is 16.7 Å². The van der Waals surface area contributed by atoms with Crippen LogP contribution in [0.25, 0.3) is 10.9 Å². The molecule has 3 aromatic rings. The van der Waals surface area contributed by atoms with E-state index in [2.05, 4.69) is 16.4 Å². The topological polar surface area (TPSA) is 43.7 Å². The SMILES string of the molecule is COc1cccc2c(C(C)=O)cn(CC(C)CN3C4CCC3CC(Oc3ccc(F)cc3)C4)c12. The molecule has 5 rings (SSSR count). The number of benzene rings is 2. The Hall–Kier alpha value is -2.86. The van der Waals surface area contributed by atoms with Crippen LogP contribution in [0.3, 0.4) is 0 Å². The molecule has 2 saturated heterocycles. The van der Waals surface area contributed by atoms with Gasteiger partial charge < -0.3 is 14.0 Å². The third kappa shape index (κ3) is 4.43. The second-order valence-corrected chi connectivity index (χ2v) is 9.96. The van der Waals surface area contributed by atoms with Crippen molar-refractivity contribution < 1.29 is 18.7 Å². The predicted octanol–water partition coefficient (Wildman–Crippen LogP) is 5.70. The molecule has 5 nitrogen and oxygen atoms in total. The Labute approximate surface area is 200 Å². The van der Waals surface area contributed by atoms with Crippen LogP contribution in [0.2, 0.25) is 0 Å². The molecule has 6 heteroatoms. The Morgan fingerprint density at radius 3 is 2.44 bits per heavy atom. The smallest absolute Gasteiger partial charge is 0.161 e. The van der Waals surface area contributed by atoms with Gasteiger partial charge in [0.05, 0.1) is 12.6 Å². The van der Waals surface area contributed by atoms with Crippen LogP contribution >= 0.6 is 0 Å². The highest BCUT2D eigenvalue weighted by molar-refractivity contribution is 6.08. The van der Waals surface area contributed by atoms with Gasteiger partial charge in [-0.2, -0.15) is 0 Å². The molecule has 0 N–H and O–H groups in total. The molecule has 3 heterocycles. The Kier molecular flexibility index (Phi) is 6.34. The van der Waals surface area contributed by atoms with Crippen LogP contribution in [0.4, 0.5) is 4.39 Å². The minimum atomic E-state index is -0.236. The van der Waals surface area contributed by atoms with E-state index in [1.807, 2.05) is 24.4 Å². The Balaban J connectivity index is 1.27. The van der Waals surface area contributed by atoms with E-state index in [9.17, 15) is 9.18 Å². The number of methoxy groups -OCH3 is 1. The van der Waals surface area contributed by atoms with E-state index in [4.69, 9.17) is 9.47 Å². The van der Waals surface area contributed by atoms with Gasteiger partial charge in [-0.05, 0) is 68.9 Å². The second kappa shape index (κ2) is 9.41. The van der Waals surface area contributed by atoms with Crippen molar-refractivity contribution in [1.29, 1.82) is 0 Å². The first-order valence-corrected chi connectivity index (χ1v) is 12.3. The van der Waals surface area contributed by atoms with Crippen molar-refractivity contribution in [2.45, 2.75) is 64.3 Å². The molecule has 3 unspecified atom stereocenters. The molecule has 2 fully saturated rings. The molecule has 34 heavy (non-hydrogen) atoms. The molecule has 0 spiro atoms. The number of Topliss-reactive ketones (excluding diaryl/α,β-unsaturated/α-hetero) is 1. The van der Waals surface area contributed by atoms with Crippen molar-refractivity contribution in [3.8, 4) is 11.5 Å². The number of hydrogen-bond donors (Lipinski definition) is 0. The summed E-state index contributed by atoms with van der Waals surface area (Å²) in [5.74, 6) is 1.81. The third-order valence-electron chi connectivity index (χ3n) is 7.45. The van der Waals surface area contributed by atoms with Gasteiger partial charge in [0.25, 0.3) is 0 Å². The molecule has 2 aliphatic rings. The maximum Gasteiger partial charge on any atom is 0.161 e. The molecule has 0 aliphatic carbocycles. The summed E-state index contributed by atoms with van der Waals surface area (Å²) in [7, 11) is 1.68. The number of carbonyl (C=O) groups is 1. The summed E-state index contributed by atoms with van der Waals surface area (Å²) in [6.45, 7) is 5.76. The lowest BCUT2D eigenvalue weighted by molar-refractivity contribution is 0.0396. The zero-order valence-corrected chi connectivity index (χ0v) is 20.2. The summed E-state index contributed by atoms with van der Waals surface area (Å²) in [5, 5.41) is 0.956. The lowest BCUT2D eigenvalue weighted by atomic mass is 9.97. The zero-order chi connectivity index (χ0) is 23.8. The van der Waals surface area contributed by atoms with Gasteiger partial charge in [0.1, 0.15) is 23.4 Å². The van der Waals surface area contributed by atoms with Gasteiger partial charge >= 0.3 is 0 Å². The Morgan fingerprint density at radius 1 is 1.09 bits per heavy atom. The Morgan fingerprint density at radius 2 is 1.79 bits per heavy atom. The standard InChI is InChI=1S/C28H33FN2O3/c1-18(15-30-17-26(19(2)32)25-5-4-6-27(33-3)28(25)30)16-31-21-9-10-22(31)14-24(13-21)34-23-11-7-20(29)8-12-23/h4-8,11-12,17-18,21-22,24H,9-10,13-16H2,1-3H3. The molecular formula is C28H33FN2O3. The van der Waals surface area contributed by atoms with E-state index >= 15 is 0 Å². The molecule has 2 aliphatic heterocycles. The number of rotatable bonds is 8. The highest BCUT2D eigenvalue weighted by Gasteiger charge is 2.41. The summed E-state index contributed by atoms with van der Waals surface area (Å²) >= 11 is 0. The van der Waals surface area contributed by atoms with Crippen molar-refractivity contribution in [2.75, 3.05) is 13.7 Å². The summed E-state index contributed by atoms with van der Waals surface area (Å²) in [6.07, 6.45) is 6.60. The average molecular weight is 465 g/mol. The van der Waals surface area contributed by atoms with E-state index in [1.54, 1.807) is 26.2 Å². The van der Waals surface area contributed by atoms with Crippen LogP contribution in [-0.4, -0.2) is 47.1 Å². The van der Waals surface area contributed by atoms with E-state index < -0.39 is 0 Å². The fourth-order valence-electron chi connectivity index (χ4n) is 5.99. The molecule has 2 bridgehead atoms. The van der Waals surface area contributed by atoms with Crippen LogP contribution in [0.5, 0.6) is 11.5 Å². The average Bonchev–Trinajstić information content (AvgIpc) is 3.29. The number of halogens is 1. The number of hydrogen-bond acceptors (Lipinski definition) is 4. The maximum atomic E-state index is 13.2. The number of para-hydroxylation sites is 1. The Bertz CT molecular complexity index is 1160. The minimum Gasteiger partial charge on any atom is -0.495 e. The predicted molar refractivity (Wildman–Crippen MR) is 131 cm³/mol. The van der Waals surface area contributed by atoms with Crippen molar-refractivity contribution in [3.05, 3.63) is 60.0 Å². The molecule has 0 radical (unpaired) electrons. The molecular weight excluding hydrogens is 431 g/mol. The summed E-state index contributed by atoms with van der Waals surface area (Å²) in [4.78, 5) is 14.9. The second-order valence-electron chi connectivity index (χ2n) is 9.96. The number of aromatic nitrogens is 1. The number of ether oxygens (including phenoxy) is 2. The van der Waals surface area contributed by atoms with E-state index in [-0.39, 0.29) is 17.7 Å². The summed E-state index contributed by atoms with van der Waals surface area (Å²) in [6, 6.07) is 13.3. The molecule has 3 atom stereocenters. The van der Waals surface area contributed by atoms with Crippen molar-refractivity contribution in [1.82, 2.24) is 9.47 Å². The lowest BCUT2D eigenvalue weighted by Gasteiger charge is -2.40. The number of nitrogens with zero attached hydrogens (tertiary/aromatic N) is 2. The highest BCUT2D eigenvalue weighted by atomic mass is 19.1. The molecule has 0 amide bonds. The highest BCUT2D eigenvalue weighted by Crippen LogP contribution is 2.38. The molecule has 1 aromatic heterocycles. The lowest BCUT2D eigenvalue weighted by Crippen LogP contribution is -2.48. The monoisotopic (exact) mass is 464 g/mol. The van der Waals surface area contributed by atoms with Gasteiger partial charge in [0.2, 0.25) is 0 Å². The number of carbonyl (C=O) groups excluding carboxylic acids is 1. The zero-order valence-electron chi connectivity index (χ0n) is 20.2. The summed E-state index contributed by atoms with van der Waals surface area (Å²) < 4.78 is 27.2. The maximum absolute atomic E-state index is 13.2. The van der Waals surface area contributed by atoms with E-state index in [0.29, 0.717) is 18.0 Å².